The highest BCUT2D eigenvalue weighted by Crippen LogP contribution is 2.35. The van der Waals surface area contributed by atoms with E-state index < -0.39 is 12.9 Å². The van der Waals surface area contributed by atoms with Gasteiger partial charge in [-0.1, -0.05) is 30.4 Å². The van der Waals surface area contributed by atoms with Crippen molar-refractivity contribution in [1.82, 2.24) is 0 Å². The number of hydrogen-bond donors (Lipinski definition) is 0. The van der Waals surface area contributed by atoms with Crippen molar-refractivity contribution in [3.8, 4) is 11.1 Å². The standard InChI is InChI=1S/C17H12F4/c18-16(19)12-7-11(8-13(9-12)17(20)21)15-6-2-4-10-3-1-5-14(10)15/h1-4,6-9,16-17H,5H2. The summed E-state index contributed by atoms with van der Waals surface area (Å²) < 4.78 is 51.7. The number of hydrogen-bond acceptors (Lipinski definition) is 0. The first-order valence-electron chi connectivity index (χ1n) is 6.56. The van der Waals surface area contributed by atoms with Crippen LogP contribution in [-0.2, 0) is 6.42 Å². The number of halogens is 4. The molecule has 1 aliphatic rings. The van der Waals surface area contributed by atoms with Crippen LogP contribution in [0.3, 0.4) is 0 Å². The Bertz CT molecular complexity index is 676. The highest BCUT2D eigenvalue weighted by Gasteiger charge is 2.18. The predicted octanol–water partition coefficient (Wildman–Crippen LogP) is 5.80. The molecule has 3 rings (SSSR count). The summed E-state index contributed by atoms with van der Waals surface area (Å²) in [5.74, 6) is 0. The van der Waals surface area contributed by atoms with Gasteiger partial charge < -0.3 is 0 Å². The van der Waals surface area contributed by atoms with Crippen LogP contribution in [0.25, 0.3) is 17.2 Å². The zero-order chi connectivity index (χ0) is 15.0. The number of allylic oxidation sites excluding steroid dienone is 1. The van der Waals surface area contributed by atoms with E-state index in [1.165, 1.54) is 12.1 Å². The highest BCUT2D eigenvalue weighted by molar-refractivity contribution is 5.76. The molecule has 0 saturated heterocycles. The zero-order valence-electron chi connectivity index (χ0n) is 11.0. The molecule has 2 aromatic carbocycles. The molecule has 0 spiro atoms. The third kappa shape index (κ3) is 2.58. The van der Waals surface area contributed by atoms with Crippen LogP contribution < -0.4 is 0 Å². The minimum atomic E-state index is -2.77. The summed E-state index contributed by atoms with van der Waals surface area (Å²) in [7, 11) is 0. The SMILES string of the molecule is FC(F)c1cc(-c2cccc3c2CC=C3)cc(C(F)F)c1. The van der Waals surface area contributed by atoms with Gasteiger partial charge in [0.2, 0.25) is 0 Å². The Morgan fingerprint density at radius 3 is 2.14 bits per heavy atom. The number of fused-ring (bicyclic) bond motifs is 1. The zero-order valence-corrected chi connectivity index (χ0v) is 11.0. The monoisotopic (exact) mass is 292 g/mol. The molecule has 0 unspecified atom stereocenters. The number of rotatable bonds is 3. The van der Waals surface area contributed by atoms with Crippen LogP contribution in [0.2, 0.25) is 0 Å². The van der Waals surface area contributed by atoms with Crippen molar-refractivity contribution in [3.63, 3.8) is 0 Å². The number of alkyl halides is 4. The van der Waals surface area contributed by atoms with Gasteiger partial charge in [0.05, 0.1) is 0 Å². The second-order valence-electron chi connectivity index (χ2n) is 4.97. The molecule has 0 aliphatic heterocycles. The molecule has 1 aliphatic carbocycles. The minimum Gasteiger partial charge on any atom is -0.205 e. The average Bonchev–Trinajstić information content (AvgIpc) is 2.94. The Kier molecular flexibility index (Phi) is 3.53. The lowest BCUT2D eigenvalue weighted by Gasteiger charge is -2.12. The summed E-state index contributed by atoms with van der Waals surface area (Å²) in [4.78, 5) is 0. The first-order chi connectivity index (χ1) is 10.1. The van der Waals surface area contributed by atoms with Crippen molar-refractivity contribution in [2.24, 2.45) is 0 Å². The quantitative estimate of drug-likeness (QED) is 0.627. The van der Waals surface area contributed by atoms with E-state index >= 15 is 0 Å². The van der Waals surface area contributed by atoms with Gasteiger partial charge in [-0.25, -0.2) is 17.6 Å². The Morgan fingerprint density at radius 1 is 0.857 bits per heavy atom. The van der Waals surface area contributed by atoms with Crippen LogP contribution in [0.15, 0.2) is 42.5 Å². The molecule has 0 nitrogen and oxygen atoms in total. The molecule has 0 saturated carbocycles. The molecule has 0 amide bonds. The Morgan fingerprint density at radius 2 is 1.52 bits per heavy atom. The lowest BCUT2D eigenvalue weighted by molar-refractivity contribution is 0.144. The van der Waals surface area contributed by atoms with Gasteiger partial charge in [0.25, 0.3) is 12.9 Å². The molecule has 4 heteroatoms. The molecule has 0 N–H and O–H groups in total. The molecular weight excluding hydrogens is 280 g/mol. The van der Waals surface area contributed by atoms with Crippen LogP contribution in [0.4, 0.5) is 17.6 Å². The summed E-state index contributed by atoms with van der Waals surface area (Å²) in [5, 5.41) is 0. The van der Waals surface area contributed by atoms with Gasteiger partial charge in [0, 0.05) is 11.1 Å². The maximum Gasteiger partial charge on any atom is 0.263 e. The Labute approximate surface area is 119 Å². The molecule has 0 aromatic heterocycles. The van der Waals surface area contributed by atoms with Gasteiger partial charge in [-0.2, -0.15) is 0 Å². The molecule has 0 bridgehead atoms. The topological polar surface area (TPSA) is 0 Å². The van der Waals surface area contributed by atoms with Gasteiger partial charge >= 0.3 is 0 Å². The third-order valence-corrected chi connectivity index (χ3v) is 3.62. The molecule has 21 heavy (non-hydrogen) atoms. The first-order valence-corrected chi connectivity index (χ1v) is 6.56. The van der Waals surface area contributed by atoms with Crippen LogP contribution in [-0.4, -0.2) is 0 Å². The number of benzene rings is 2. The fourth-order valence-electron chi connectivity index (χ4n) is 2.65. The van der Waals surface area contributed by atoms with E-state index in [1.54, 1.807) is 12.1 Å². The van der Waals surface area contributed by atoms with E-state index in [2.05, 4.69) is 0 Å². The van der Waals surface area contributed by atoms with Gasteiger partial charge in [-0.15, -0.1) is 0 Å². The molecule has 2 aromatic rings. The van der Waals surface area contributed by atoms with Crippen LogP contribution in [0, 0.1) is 0 Å². The maximum atomic E-state index is 12.9. The van der Waals surface area contributed by atoms with E-state index in [0.717, 1.165) is 22.8 Å². The molecule has 0 atom stereocenters. The van der Waals surface area contributed by atoms with Gasteiger partial charge in [0.15, 0.2) is 0 Å². The second-order valence-corrected chi connectivity index (χ2v) is 4.97. The van der Waals surface area contributed by atoms with E-state index in [0.29, 0.717) is 12.0 Å². The van der Waals surface area contributed by atoms with Crippen molar-refractivity contribution in [2.75, 3.05) is 0 Å². The first kappa shape index (κ1) is 13.9. The summed E-state index contributed by atoms with van der Waals surface area (Å²) in [5.41, 5.74) is 2.42. The Balaban J connectivity index is 2.17. The lowest BCUT2D eigenvalue weighted by Crippen LogP contribution is -1.95. The molecular formula is C17H12F4. The molecule has 108 valence electrons. The van der Waals surface area contributed by atoms with Crippen molar-refractivity contribution >= 4 is 6.08 Å². The fraction of sp³-hybridized carbons (Fsp3) is 0.176. The van der Waals surface area contributed by atoms with Crippen molar-refractivity contribution in [1.29, 1.82) is 0 Å². The predicted molar refractivity (Wildman–Crippen MR) is 74.5 cm³/mol. The average molecular weight is 292 g/mol. The van der Waals surface area contributed by atoms with Crippen LogP contribution >= 0.6 is 0 Å². The van der Waals surface area contributed by atoms with E-state index in [9.17, 15) is 17.6 Å². The van der Waals surface area contributed by atoms with E-state index in [-0.39, 0.29) is 11.1 Å². The molecule has 0 fully saturated rings. The lowest BCUT2D eigenvalue weighted by atomic mass is 9.94. The minimum absolute atomic E-state index is 0.369. The van der Waals surface area contributed by atoms with E-state index in [1.807, 2.05) is 18.2 Å². The maximum absolute atomic E-state index is 12.9. The van der Waals surface area contributed by atoms with Gasteiger partial charge in [0.1, 0.15) is 0 Å². The summed E-state index contributed by atoms with van der Waals surface area (Å²) in [6, 6.07) is 8.98. The normalized spacial score (nSPS) is 13.2. The van der Waals surface area contributed by atoms with Crippen LogP contribution in [0.1, 0.15) is 35.1 Å². The molecule has 0 heterocycles. The molecule has 0 radical (unpaired) electrons. The van der Waals surface area contributed by atoms with Crippen LogP contribution in [0.5, 0.6) is 0 Å². The van der Waals surface area contributed by atoms with E-state index in [4.69, 9.17) is 0 Å². The second kappa shape index (κ2) is 5.35. The smallest absolute Gasteiger partial charge is 0.205 e. The van der Waals surface area contributed by atoms with Crippen molar-refractivity contribution in [3.05, 3.63) is 64.7 Å². The fourth-order valence-corrected chi connectivity index (χ4v) is 2.65. The van der Waals surface area contributed by atoms with Gasteiger partial charge in [-0.3, -0.25) is 0 Å². The highest BCUT2D eigenvalue weighted by atomic mass is 19.3. The summed E-state index contributed by atoms with van der Waals surface area (Å²) in [6.07, 6.45) is -0.924. The third-order valence-electron chi connectivity index (χ3n) is 3.62. The van der Waals surface area contributed by atoms with Crippen molar-refractivity contribution in [2.45, 2.75) is 19.3 Å². The summed E-state index contributed by atoms with van der Waals surface area (Å²) in [6.45, 7) is 0. The van der Waals surface area contributed by atoms with Crippen molar-refractivity contribution < 1.29 is 17.6 Å². The van der Waals surface area contributed by atoms with Gasteiger partial charge in [-0.05, 0) is 46.9 Å². The Hall–Kier alpha value is -2.10. The summed E-state index contributed by atoms with van der Waals surface area (Å²) >= 11 is 0. The largest absolute Gasteiger partial charge is 0.263 e.